The van der Waals surface area contributed by atoms with Gasteiger partial charge >= 0.3 is 0 Å². The van der Waals surface area contributed by atoms with Gasteiger partial charge in [-0.05, 0) is 38.1 Å². The molecule has 2 aromatic rings. The Kier molecular flexibility index (Phi) is 5.43. The summed E-state index contributed by atoms with van der Waals surface area (Å²) in [6.07, 6.45) is 0. The molecule has 6 nitrogen and oxygen atoms in total. The number of piperazine rings is 1. The standard InChI is InChI=1S/C18H22FN3O3S/c1-3-25-15-7-4-5-8-16(15)26(23,24)21-11-12-22(14(2)13-21)18-10-6-9-17(19)20-18/h4-10,14H,3,11-13H2,1-2H3. The van der Waals surface area contributed by atoms with Gasteiger partial charge in [0.1, 0.15) is 16.5 Å². The Bertz CT molecular complexity index is 875. The molecule has 2 heterocycles. The highest BCUT2D eigenvalue weighted by molar-refractivity contribution is 7.89. The molecule has 0 aliphatic carbocycles. The molecular weight excluding hydrogens is 357 g/mol. The van der Waals surface area contributed by atoms with Crippen molar-refractivity contribution in [2.45, 2.75) is 24.8 Å². The second-order valence-electron chi connectivity index (χ2n) is 6.10. The number of pyridine rings is 1. The van der Waals surface area contributed by atoms with E-state index >= 15 is 0 Å². The molecule has 1 aliphatic heterocycles. The molecule has 8 heteroatoms. The molecule has 0 bridgehead atoms. The number of nitrogens with zero attached hydrogens (tertiary/aromatic N) is 3. The first kappa shape index (κ1) is 18.6. The molecule has 1 aromatic heterocycles. The maximum Gasteiger partial charge on any atom is 0.246 e. The van der Waals surface area contributed by atoms with Crippen LogP contribution in [-0.4, -0.2) is 50.0 Å². The van der Waals surface area contributed by atoms with Crippen LogP contribution in [0.25, 0.3) is 0 Å². The highest BCUT2D eigenvalue weighted by Gasteiger charge is 2.34. The van der Waals surface area contributed by atoms with E-state index in [1.807, 2.05) is 18.7 Å². The van der Waals surface area contributed by atoms with E-state index in [-0.39, 0.29) is 10.9 Å². The monoisotopic (exact) mass is 379 g/mol. The Balaban J connectivity index is 1.82. The molecule has 1 atom stereocenters. The Labute approximate surface area is 153 Å². The molecule has 26 heavy (non-hydrogen) atoms. The van der Waals surface area contributed by atoms with Crippen molar-refractivity contribution in [3.05, 3.63) is 48.4 Å². The lowest BCUT2D eigenvalue weighted by Crippen LogP contribution is -2.54. The molecule has 0 radical (unpaired) electrons. The van der Waals surface area contributed by atoms with Crippen molar-refractivity contribution in [1.82, 2.24) is 9.29 Å². The molecule has 1 aliphatic rings. The van der Waals surface area contributed by atoms with Crippen molar-refractivity contribution in [3.8, 4) is 5.75 Å². The Hall–Kier alpha value is -2.19. The summed E-state index contributed by atoms with van der Waals surface area (Å²) in [7, 11) is -3.67. The first-order chi connectivity index (χ1) is 12.4. The molecule has 1 aromatic carbocycles. The van der Waals surface area contributed by atoms with Crippen molar-refractivity contribution in [1.29, 1.82) is 0 Å². The molecule has 3 rings (SSSR count). The molecule has 0 saturated carbocycles. The number of anilines is 1. The van der Waals surface area contributed by atoms with E-state index in [4.69, 9.17) is 4.74 Å². The molecule has 1 saturated heterocycles. The van der Waals surface area contributed by atoms with Crippen LogP contribution >= 0.6 is 0 Å². The van der Waals surface area contributed by atoms with E-state index < -0.39 is 16.0 Å². The number of hydrogen-bond donors (Lipinski definition) is 0. The summed E-state index contributed by atoms with van der Waals surface area (Å²) in [5, 5.41) is 0. The minimum Gasteiger partial charge on any atom is -0.492 e. The number of para-hydroxylation sites is 1. The summed E-state index contributed by atoms with van der Waals surface area (Å²) in [5.74, 6) is 0.330. The van der Waals surface area contributed by atoms with E-state index in [2.05, 4.69) is 4.98 Å². The number of halogens is 1. The number of aromatic nitrogens is 1. The van der Waals surface area contributed by atoms with Gasteiger partial charge in [-0.1, -0.05) is 18.2 Å². The molecular formula is C18H22FN3O3S. The number of hydrogen-bond acceptors (Lipinski definition) is 5. The minimum atomic E-state index is -3.67. The summed E-state index contributed by atoms with van der Waals surface area (Å²) in [4.78, 5) is 6.00. The van der Waals surface area contributed by atoms with Gasteiger partial charge < -0.3 is 9.64 Å². The van der Waals surface area contributed by atoms with Crippen LogP contribution in [0.1, 0.15) is 13.8 Å². The van der Waals surface area contributed by atoms with Gasteiger partial charge in [-0.25, -0.2) is 13.4 Å². The zero-order valence-corrected chi connectivity index (χ0v) is 15.6. The van der Waals surface area contributed by atoms with E-state index in [1.165, 1.54) is 10.4 Å². The van der Waals surface area contributed by atoms with Gasteiger partial charge in [0.15, 0.2) is 0 Å². The largest absolute Gasteiger partial charge is 0.492 e. The van der Waals surface area contributed by atoms with E-state index in [1.54, 1.807) is 36.4 Å². The third-order valence-corrected chi connectivity index (χ3v) is 6.26. The summed E-state index contributed by atoms with van der Waals surface area (Å²) >= 11 is 0. The van der Waals surface area contributed by atoms with Crippen molar-refractivity contribution < 1.29 is 17.5 Å². The van der Waals surface area contributed by atoms with E-state index in [0.717, 1.165) is 0 Å². The molecule has 0 spiro atoms. The number of ether oxygens (including phenoxy) is 1. The summed E-state index contributed by atoms with van der Waals surface area (Å²) in [6.45, 7) is 5.14. The number of benzene rings is 1. The van der Waals surface area contributed by atoms with Crippen LogP contribution < -0.4 is 9.64 Å². The highest BCUT2D eigenvalue weighted by atomic mass is 32.2. The lowest BCUT2D eigenvalue weighted by atomic mass is 10.2. The number of sulfonamides is 1. The van der Waals surface area contributed by atoms with Gasteiger partial charge in [-0.3, -0.25) is 0 Å². The maximum absolute atomic E-state index is 13.4. The summed E-state index contributed by atoms with van der Waals surface area (Å²) in [6, 6.07) is 11.1. The van der Waals surface area contributed by atoms with Crippen molar-refractivity contribution >= 4 is 15.8 Å². The minimum absolute atomic E-state index is 0.132. The summed E-state index contributed by atoms with van der Waals surface area (Å²) in [5.41, 5.74) is 0. The third kappa shape index (κ3) is 3.66. The van der Waals surface area contributed by atoms with Crippen LogP contribution in [0, 0.1) is 5.95 Å². The summed E-state index contributed by atoms with van der Waals surface area (Å²) < 4.78 is 46.5. The molecule has 0 N–H and O–H groups in total. The molecule has 140 valence electrons. The predicted octanol–water partition coefficient (Wildman–Crippen LogP) is 2.52. The number of rotatable bonds is 5. The van der Waals surface area contributed by atoms with Crippen molar-refractivity contribution in [2.75, 3.05) is 31.1 Å². The smallest absolute Gasteiger partial charge is 0.246 e. The van der Waals surface area contributed by atoms with Gasteiger partial charge in [-0.15, -0.1) is 0 Å². The first-order valence-electron chi connectivity index (χ1n) is 8.54. The van der Waals surface area contributed by atoms with Crippen molar-refractivity contribution in [2.24, 2.45) is 0 Å². The van der Waals surface area contributed by atoms with Gasteiger partial charge in [0, 0.05) is 25.7 Å². The predicted molar refractivity (Wildman–Crippen MR) is 97.4 cm³/mol. The van der Waals surface area contributed by atoms with E-state index in [9.17, 15) is 12.8 Å². The first-order valence-corrected chi connectivity index (χ1v) is 9.98. The molecule has 1 fully saturated rings. The third-order valence-electron chi connectivity index (χ3n) is 4.35. The van der Waals surface area contributed by atoms with Crippen LogP contribution in [0.3, 0.4) is 0 Å². The Morgan fingerprint density at radius 1 is 1.19 bits per heavy atom. The van der Waals surface area contributed by atoms with Crippen LogP contribution in [0.15, 0.2) is 47.4 Å². The average molecular weight is 379 g/mol. The average Bonchev–Trinajstić information content (AvgIpc) is 2.62. The molecule has 1 unspecified atom stereocenters. The van der Waals surface area contributed by atoms with Crippen LogP contribution in [0.4, 0.5) is 10.2 Å². The highest BCUT2D eigenvalue weighted by Crippen LogP contribution is 2.29. The fraction of sp³-hybridized carbons (Fsp3) is 0.389. The topological polar surface area (TPSA) is 62.7 Å². The van der Waals surface area contributed by atoms with Gasteiger partial charge in [0.2, 0.25) is 16.0 Å². The van der Waals surface area contributed by atoms with Crippen LogP contribution in [0.2, 0.25) is 0 Å². The van der Waals surface area contributed by atoms with Crippen LogP contribution in [0.5, 0.6) is 5.75 Å². The fourth-order valence-corrected chi connectivity index (χ4v) is 4.76. The van der Waals surface area contributed by atoms with E-state index in [0.29, 0.717) is 37.8 Å². The van der Waals surface area contributed by atoms with Gasteiger partial charge in [0.05, 0.1) is 6.61 Å². The van der Waals surface area contributed by atoms with Gasteiger partial charge in [0.25, 0.3) is 0 Å². The van der Waals surface area contributed by atoms with Crippen molar-refractivity contribution in [3.63, 3.8) is 0 Å². The lowest BCUT2D eigenvalue weighted by Gasteiger charge is -2.39. The Morgan fingerprint density at radius 2 is 1.96 bits per heavy atom. The second kappa shape index (κ2) is 7.59. The quantitative estimate of drug-likeness (QED) is 0.747. The SMILES string of the molecule is CCOc1ccccc1S(=O)(=O)N1CCN(c2cccc(F)n2)C(C)C1. The zero-order valence-electron chi connectivity index (χ0n) is 14.8. The van der Waals surface area contributed by atoms with Gasteiger partial charge in [-0.2, -0.15) is 8.70 Å². The normalized spacial score (nSPS) is 18.7. The fourth-order valence-electron chi connectivity index (χ4n) is 3.12. The Morgan fingerprint density at radius 3 is 2.65 bits per heavy atom. The maximum atomic E-state index is 13.4. The second-order valence-corrected chi connectivity index (χ2v) is 8.01. The molecule has 0 amide bonds. The zero-order chi connectivity index (χ0) is 18.7. The van der Waals surface area contributed by atoms with Crippen LogP contribution in [-0.2, 0) is 10.0 Å². The lowest BCUT2D eigenvalue weighted by molar-refractivity contribution is 0.321.